The van der Waals surface area contributed by atoms with Crippen LogP contribution in [0, 0.1) is 5.92 Å². The van der Waals surface area contributed by atoms with Gasteiger partial charge in [-0.3, -0.25) is 9.59 Å². The van der Waals surface area contributed by atoms with Gasteiger partial charge in [-0.2, -0.15) is 0 Å². The third kappa shape index (κ3) is 6.46. The predicted octanol–water partition coefficient (Wildman–Crippen LogP) is 3.73. The van der Waals surface area contributed by atoms with E-state index < -0.39 is 13.1 Å². The van der Waals surface area contributed by atoms with Crippen molar-refractivity contribution >= 4 is 18.8 Å². The number of nitrogens with one attached hydrogen (secondary N) is 2. The topological polar surface area (TPSA) is 87.7 Å². The number of benzene rings is 2. The highest BCUT2D eigenvalue weighted by molar-refractivity contribution is 6.47. The van der Waals surface area contributed by atoms with Gasteiger partial charge in [0.1, 0.15) is 5.75 Å². The van der Waals surface area contributed by atoms with Gasteiger partial charge in [0.2, 0.25) is 0 Å². The lowest BCUT2D eigenvalue weighted by Crippen LogP contribution is -2.53. The molecule has 1 heterocycles. The number of rotatable bonds is 9. The van der Waals surface area contributed by atoms with Crippen molar-refractivity contribution in [3.63, 3.8) is 0 Å². The molecule has 3 rings (SSSR count). The summed E-state index contributed by atoms with van der Waals surface area (Å²) in [6.45, 7) is 10.9. The smallest absolute Gasteiger partial charge is 0.534 e. The van der Waals surface area contributed by atoms with Gasteiger partial charge in [-0.15, -0.1) is 0 Å². The fraction of sp³-hybridized carbons (Fsp3) is 0.462. The Hall–Kier alpha value is -2.64. The minimum Gasteiger partial charge on any atom is -0.534 e. The molecule has 0 radical (unpaired) electrons. The van der Waals surface area contributed by atoms with Crippen molar-refractivity contribution in [1.29, 1.82) is 0 Å². The zero-order chi connectivity index (χ0) is 24.1. The quantitative estimate of drug-likeness (QED) is 0.400. The second-order valence-electron chi connectivity index (χ2n) is 9.59. The Morgan fingerprint density at radius 2 is 1.91 bits per heavy atom. The molecule has 0 unspecified atom stereocenters. The Morgan fingerprint density at radius 3 is 2.58 bits per heavy atom. The molecule has 0 aromatic heterocycles. The SMILES string of the molecule is CC(=O)c1cccc2c1OB(O)[C@@H](NC(=O)c1ccc(CNC(C)C)c(CCC(C)C)c1)C2. The Kier molecular flexibility index (Phi) is 8.32. The van der Waals surface area contributed by atoms with Gasteiger partial charge in [-0.1, -0.05) is 45.9 Å². The van der Waals surface area contributed by atoms with Crippen LogP contribution < -0.4 is 15.3 Å². The largest absolute Gasteiger partial charge is 0.547 e. The first-order chi connectivity index (χ1) is 15.7. The molecule has 2 aromatic carbocycles. The van der Waals surface area contributed by atoms with Crippen LogP contribution in [0.2, 0.25) is 0 Å². The molecule has 0 fully saturated rings. The maximum Gasteiger partial charge on any atom is 0.547 e. The molecule has 3 N–H and O–H groups in total. The van der Waals surface area contributed by atoms with E-state index in [1.54, 1.807) is 12.1 Å². The number of amides is 1. The monoisotopic (exact) mass is 450 g/mol. The summed E-state index contributed by atoms with van der Waals surface area (Å²) in [4.78, 5) is 24.9. The third-order valence-corrected chi connectivity index (χ3v) is 5.98. The van der Waals surface area contributed by atoms with E-state index in [1.165, 1.54) is 18.1 Å². The van der Waals surface area contributed by atoms with Gasteiger partial charge in [0, 0.05) is 18.2 Å². The van der Waals surface area contributed by atoms with Gasteiger partial charge in [-0.25, -0.2) is 0 Å². The van der Waals surface area contributed by atoms with Crippen molar-refractivity contribution < 1.29 is 19.3 Å². The molecular weight excluding hydrogens is 415 g/mol. The van der Waals surface area contributed by atoms with Crippen molar-refractivity contribution in [3.8, 4) is 5.75 Å². The van der Waals surface area contributed by atoms with Crippen LogP contribution >= 0.6 is 0 Å². The van der Waals surface area contributed by atoms with Crippen LogP contribution in [0.25, 0.3) is 0 Å². The lowest BCUT2D eigenvalue weighted by molar-refractivity contribution is 0.0938. The summed E-state index contributed by atoms with van der Waals surface area (Å²) in [5, 5.41) is 16.9. The van der Waals surface area contributed by atoms with Crippen molar-refractivity contribution in [2.75, 3.05) is 0 Å². The first-order valence-electron chi connectivity index (χ1n) is 11.8. The number of aryl methyl sites for hydroxylation is 1. The number of carbonyl (C=O) groups is 2. The predicted molar refractivity (Wildman–Crippen MR) is 132 cm³/mol. The number of Topliss-reactive ketones (excluding diaryl/α,β-unsaturated/α-hetero) is 1. The number of hydrogen-bond donors (Lipinski definition) is 3. The maximum absolute atomic E-state index is 13.1. The number of carbonyl (C=O) groups excluding carboxylic acids is 2. The fourth-order valence-corrected chi connectivity index (χ4v) is 4.01. The molecule has 6 nitrogen and oxygen atoms in total. The van der Waals surface area contributed by atoms with Crippen LogP contribution in [0.1, 0.15) is 78.4 Å². The molecule has 1 aliphatic rings. The lowest BCUT2D eigenvalue weighted by Gasteiger charge is -2.29. The molecule has 0 bridgehead atoms. The van der Waals surface area contributed by atoms with E-state index in [4.69, 9.17) is 4.65 Å². The summed E-state index contributed by atoms with van der Waals surface area (Å²) in [5.74, 6) is 0.00275. The summed E-state index contributed by atoms with van der Waals surface area (Å²) in [5.41, 5.74) is 4.18. The summed E-state index contributed by atoms with van der Waals surface area (Å²) < 4.78 is 5.65. The van der Waals surface area contributed by atoms with Crippen LogP contribution in [-0.4, -0.2) is 35.8 Å². The number of para-hydroxylation sites is 1. The van der Waals surface area contributed by atoms with Crippen LogP contribution in [0.3, 0.4) is 0 Å². The fourth-order valence-electron chi connectivity index (χ4n) is 4.01. The van der Waals surface area contributed by atoms with Gasteiger partial charge in [0.05, 0.1) is 11.5 Å². The van der Waals surface area contributed by atoms with Gasteiger partial charge >= 0.3 is 7.12 Å². The summed E-state index contributed by atoms with van der Waals surface area (Å²) in [6, 6.07) is 11.5. The third-order valence-electron chi connectivity index (χ3n) is 5.98. The lowest BCUT2D eigenvalue weighted by atomic mass is 9.72. The van der Waals surface area contributed by atoms with Gasteiger partial charge in [0.15, 0.2) is 5.78 Å². The van der Waals surface area contributed by atoms with E-state index >= 15 is 0 Å². The molecule has 0 spiro atoms. The van der Waals surface area contributed by atoms with Crippen molar-refractivity contribution in [1.82, 2.24) is 10.6 Å². The number of fused-ring (bicyclic) bond motifs is 1. The highest BCUT2D eigenvalue weighted by atomic mass is 16.5. The first-order valence-corrected chi connectivity index (χ1v) is 11.8. The molecule has 0 saturated carbocycles. The van der Waals surface area contributed by atoms with Crippen LogP contribution in [0.5, 0.6) is 5.75 Å². The second-order valence-corrected chi connectivity index (χ2v) is 9.59. The van der Waals surface area contributed by atoms with E-state index in [9.17, 15) is 14.6 Å². The first kappa shape index (κ1) is 25.0. The molecule has 7 heteroatoms. The van der Waals surface area contributed by atoms with E-state index in [1.807, 2.05) is 24.3 Å². The second kappa shape index (κ2) is 11.0. The van der Waals surface area contributed by atoms with Gasteiger partial charge in [0.25, 0.3) is 5.91 Å². The molecule has 1 amide bonds. The molecule has 33 heavy (non-hydrogen) atoms. The van der Waals surface area contributed by atoms with E-state index in [0.29, 0.717) is 35.3 Å². The molecule has 1 atom stereocenters. The van der Waals surface area contributed by atoms with Crippen molar-refractivity contribution in [2.45, 2.75) is 72.4 Å². The van der Waals surface area contributed by atoms with Gasteiger partial charge in [-0.05, 0) is 67.0 Å². The zero-order valence-electron chi connectivity index (χ0n) is 20.3. The summed E-state index contributed by atoms with van der Waals surface area (Å²) in [7, 11) is -1.23. The maximum atomic E-state index is 13.1. The Bertz CT molecular complexity index is 1010. The molecular formula is C26H35BN2O4. The molecule has 1 aliphatic heterocycles. The standard InChI is InChI=1S/C26H35BN2O4/c1-16(2)9-10-19-13-21(11-12-22(19)15-28-17(3)4)26(31)29-24-14-20-7-6-8-23(18(5)30)25(20)33-27(24)32/h6-8,11-13,16-17,24,28,32H,9-10,14-15H2,1-5H3,(H,29,31)/t24-/m0/s1. The van der Waals surface area contributed by atoms with E-state index in [0.717, 1.165) is 24.9 Å². The number of ketones is 1. The zero-order valence-corrected chi connectivity index (χ0v) is 20.3. The Balaban J connectivity index is 1.77. The number of hydrogen-bond acceptors (Lipinski definition) is 5. The van der Waals surface area contributed by atoms with Crippen molar-refractivity contribution in [2.24, 2.45) is 5.92 Å². The molecule has 0 aliphatic carbocycles. The highest BCUT2D eigenvalue weighted by Crippen LogP contribution is 2.30. The summed E-state index contributed by atoms with van der Waals surface area (Å²) in [6.07, 6.45) is 2.34. The normalized spacial score (nSPS) is 15.4. The highest BCUT2D eigenvalue weighted by Gasteiger charge is 2.37. The van der Waals surface area contributed by atoms with Crippen LogP contribution in [0.15, 0.2) is 36.4 Å². The minimum absolute atomic E-state index is 0.123. The Morgan fingerprint density at radius 1 is 1.15 bits per heavy atom. The van der Waals surface area contributed by atoms with E-state index in [2.05, 4.69) is 38.3 Å². The molecule has 2 aromatic rings. The average Bonchev–Trinajstić information content (AvgIpc) is 2.76. The van der Waals surface area contributed by atoms with Crippen LogP contribution in [-0.2, 0) is 19.4 Å². The van der Waals surface area contributed by atoms with Crippen molar-refractivity contribution in [3.05, 3.63) is 64.2 Å². The Labute approximate surface area is 197 Å². The summed E-state index contributed by atoms with van der Waals surface area (Å²) >= 11 is 0. The van der Waals surface area contributed by atoms with Gasteiger partial charge < -0.3 is 20.3 Å². The minimum atomic E-state index is -1.23. The van der Waals surface area contributed by atoms with E-state index in [-0.39, 0.29) is 11.7 Å². The molecule has 176 valence electrons. The average molecular weight is 450 g/mol. The van der Waals surface area contributed by atoms with Crippen LogP contribution in [0.4, 0.5) is 0 Å². The molecule has 0 saturated heterocycles.